The third kappa shape index (κ3) is 4.51. The SMILES string of the molecule is Cc1ccc2c(COC(=O)CCC(=O)c3ccc4c(c3)CCCC4)cc(=O)oc2c1. The van der Waals surface area contributed by atoms with Crippen LogP contribution >= 0.6 is 0 Å². The highest BCUT2D eigenvalue weighted by atomic mass is 16.5. The van der Waals surface area contributed by atoms with Gasteiger partial charge in [0.1, 0.15) is 12.2 Å². The number of aryl methyl sites for hydroxylation is 3. The molecular formula is C25H24O5. The minimum Gasteiger partial charge on any atom is -0.461 e. The van der Waals surface area contributed by atoms with Gasteiger partial charge in [-0.15, -0.1) is 0 Å². The number of rotatable bonds is 6. The zero-order valence-electron chi connectivity index (χ0n) is 17.0. The van der Waals surface area contributed by atoms with E-state index in [0.717, 1.165) is 30.2 Å². The topological polar surface area (TPSA) is 73.6 Å². The minimum atomic E-state index is -0.485. The van der Waals surface area contributed by atoms with Gasteiger partial charge in [0.25, 0.3) is 0 Å². The largest absolute Gasteiger partial charge is 0.461 e. The molecule has 1 aliphatic carbocycles. The second-order valence-electron chi connectivity index (χ2n) is 7.86. The number of fused-ring (bicyclic) bond motifs is 2. The molecule has 0 spiro atoms. The van der Waals surface area contributed by atoms with Crippen LogP contribution in [0.5, 0.6) is 0 Å². The van der Waals surface area contributed by atoms with Crippen LogP contribution in [0.15, 0.2) is 51.7 Å². The van der Waals surface area contributed by atoms with Crippen molar-refractivity contribution in [2.75, 3.05) is 0 Å². The maximum Gasteiger partial charge on any atom is 0.336 e. The lowest BCUT2D eigenvalue weighted by Gasteiger charge is -2.16. The number of carbonyl (C=O) groups excluding carboxylic acids is 2. The molecule has 0 bridgehead atoms. The normalized spacial score (nSPS) is 13.1. The van der Waals surface area contributed by atoms with Crippen LogP contribution in [0.2, 0.25) is 0 Å². The molecule has 30 heavy (non-hydrogen) atoms. The predicted octanol–water partition coefficient (Wildman–Crippen LogP) is 4.69. The summed E-state index contributed by atoms with van der Waals surface area (Å²) in [6.45, 7) is 1.88. The van der Waals surface area contributed by atoms with Crippen LogP contribution in [-0.2, 0) is 29.0 Å². The van der Waals surface area contributed by atoms with Crippen LogP contribution in [-0.4, -0.2) is 11.8 Å². The van der Waals surface area contributed by atoms with E-state index in [1.165, 1.54) is 23.6 Å². The fraction of sp³-hybridized carbons (Fsp3) is 0.320. The summed E-state index contributed by atoms with van der Waals surface area (Å²) in [5, 5.41) is 0.734. The van der Waals surface area contributed by atoms with E-state index in [1.54, 1.807) is 6.07 Å². The molecule has 154 valence electrons. The lowest BCUT2D eigenvalue weighted by molar-refractivity contribution is -0.144. The Bertz CT molecular complexity index is 1170. The molecule has 4 rings (SSSR count). The molecule has 0 saturated carbocycles. The highest BCUT2D eigenvalue weighted by Gasteiger charge is 2.15. The molecule has 1 aliphatic rings. The molecule has 0 N–H and O–H groups in total. The Kier molecular flexibility index (Phi) is 5.79. The first-order valence-corrected chi connectivity index (χ1v) is 10.3. The van der Waals surface area contributed by atoms with Gasteiger partial charge >= 0.3 is 11.6 Å². The van der Waals surface area contributed by atoms with Crippen molar-refractivity contribution in [2.24, 2.45) is 0 Å². The fourth-order valence-corrected chi connectivity index (χ4v) is 3.95. The molecule has 0 fully saturated rings. The van der Waals surface area contributed by atoms with Crippen LogP contribution in [0.3, 0.4) is 0 Å². The first kappa shape index (κ1) is 20.1. The summed E-state index contributed by atoms with van der Waals surface area (Å²) in [5.41, 5.74) is 4.78. The molecule has 0 radical (unpaired) electrons. The zero-order chi connectivity index (χ0) is 21.1. The van der Waals surface area contributed by atoms with Crippen molar-refractivity contribution >= 4 is 22.7 Å². The van der Waals surface area contributed by atoms with Gasteiger partial charge in [-0.1, -0.05) is 24.3 Å². The van der Waals surface area contributed by atoms with Crippen molar-refractivity contribution in [1.82, 2.24) is 0 Å². The van der Waals surface area contributed by atoms with Gasteiger partial charge in [0.15, 0.2) is 5.78 Å². The third-order valence-electron chi connectivity index (χ3n) is 5.60. The molecule has 5 nitrogen and oxygen atoms in total. The predicted molar refractivity (Wildman–Crippen MR) is 114 cm³/mol. The maximum absolute atomic E-state index is 12.5. The van der Waals surface area contributed by atoms with E-state index in [0.29, 0.717) is 16.7 Å². The van der Waals surface area contributed by atoms with Gasteiger partial charge in [-0.3, -0.25) is 9.59 Å². The second kappa shape index (κ2) is 8.66. The van der Waals surface area contributed by atoms with E-state index >= 15 is 0 Å². The summed E-state index contributed by atoms with van der Waals surface area (Å²) in [7, 11) is 0. The van der Waals surface area contributed by atoms with Crippen LogP contribution in [0.1, 0.15) is 58.3 Å². The zero-order valence-corrected chi connectivity index (χ0v) is 17.0. The Morgan fingerprint density at radius 2 is 1.77 bits per heavy atom. The van der Waals surface area contributed by atoms with Crippen molar-refractivity contribution in [3.8, 4) is 0 Å². The van der Waals surface area contributed by atoms with Crippen LogP contribution in [0.4, 0.5) is 0 Å². The summed E-state index contributed by atoms with van der Waals surface area (Å²) in [6, 6.07) is 12.7. The smallest absolute Gasteiger partial charge is 0.336 e. The quantitative estimate of drug-likeness (QED) is 0.339. The van der Waals surface area contributed by atoms with E-state index in [9.17, 15) is 14.4 Å². The van der Waals surface area contributed by atoms with Crippen molar-refractivity contribution < 1.29 is 18.7 Å². The number of ether oxygens (including phenoxy) is 1. The molecule has 0 atom stereocenters. The minimum absolute atomic E-state index is 0.00833. The first-order chi connectivity index (χ1) is 14.5. The molecule has 1 heterocycles. The summed E-state index contributed by atoms with van der Waals surface area (Å²) >= 11 is 0. The number of hydrogen-bond acceptors (Lipinski definition) is 5. The van der Waals surface area contributed by atoms with Gasteiger partial charge in [0, 0.05) is 29.0 Å². The molecule has 0 unspecified atom stereocenters. The number of carbonyl (C=O) groups is 2. The van der Waals surface area contributed by atoms with Gasteiger partial charge < -0.3 is 9.15 Å². The van der Waals surface area contributed by atoms with Crippen LogP contribution in [0.25, 0.3) is 11.0 Å². The number of esters is 1. The summed E-state index contributed by atoms with van der Waals surface area (Å²) < 4.78 is 10.5. The highest BCUT2D eigenvalue weighted by molar-refractivity contribution is 5.97. The maximum atomic E-state index is 12.5. The molecular weight excluding hydrogens is 380 g/mol. The van der Waals surface area contributed by atoms with Crippen molar-refractivity contribution in [3.05, 3.63) is 80.7 Å². The molecule has 5 heteroatoms. The van der Waals surface area contributed by atoms with E-state index < -0.39 is 11.6 Å². The Labute approximate surface area is 174 Å². The summed E-state index contributed by atoms with van der Waals surface area (Å²) in [5.74, 6) is -0.517. The summed E-state index contributed by atoms with van der Waals surface area (Å²) in [4.78, 5) is 36.5. The van der Waals surface area contributed by atoms with Gasteiger partial charge in [-0.05, 0) is 61.4 Å². The number of Topliss-reactive ketones (excluding diaryl/α,β-unsaturated/α-hetero) is 1. The number of ketones is 1. The molecule has 3 aromatic rings. The Balaban J connectivity index is 1.36. The average molecular weight is 404 g/mol. The average Bonchev–Trinajstić information content (AvgIpc) is 2.75. The molecule has 1 aromatic heterocycles. The Morgan fingerprint density at radius 1 is 0.967 bits per heavy atom. The van der Waals surface area contributed by atoms with E-state index in [-0.39, 0.29) is 25.2 Å². The lowest BCUT2D eigenvalue weighted by atomic mass is 9.89. The third-order valence-corrected chi connectivity index (χ3v) is 5.60. The second-order valence-corrected chi connectivity index (χ2v) is 7.86. The first-order valence-electron chi connectivity index (χ1n) is 10.3. The van der Waals surface area contributed by atoms with Crippen LogP contribution in [0, 0.1) is 6.92 Å². The Morgan fingerprint density at radius 3 is 2.60 bits per heavy atom. The number of hydrogen-bond donors (Lipinski definition) is 0. The lowest BCUT2D eigenvalue weighted by Crippen LogP contribution is -2.11. The standard InChI is InChI=1S/C25H24O5/c1-16-6-9-21-20(14-25(28)30-23(21)12-16)15-29-24(27)11-10-22(26)19-8-7-17-4-2-3-5-18(17)13-19/h6-9,12-14H,2-5,10-11,15H2,1H3. The van der Waals surface area contributed by atoms with Crippen molar-refractivity contribution in [2.45, 2.75) is 52.1 Å². The van der Waals surface area contributed by atoms with Gasteiger partial charge in [0.05, 0.1) is 6.42 Å². The molecule has 0 aliphatic heterocycles. The molecule has 2 aromatic carbocycles. The van der Waals surface area contributed by atoms with E-state index in [4.69, 9.17) is 9.15 Å². The summed E-state index contributed by atoms with van der Waals surface area (Å²) in [6.07, 6.45) is 4.55. The van der Waals surface area contributed by atoms with Crippen LogP contribution < -0.4 is 5.63 Å². The Hall–Kier alpha value is -3.21. The fourth-order valence-electron chi connectivity index (χ4n) is 3.95. The van der Waals surface area contributed by atoms with Gasteiger partial charge in [-0.2, -0.15) is 0 Å². The molecule has 0 saturated heterocycles. The number of benzene rings is 2. The monoisotopic (exact) mass is 404 g/mol. The van der Waals surface area contributed by atoms with E-state index in [2.05, 4.69) is 0 Å². The van der Waals surface area contributed by atoms with Gasteiger partial charge in [-0.25, -0.2) is 4.79 Å². The molecule has 0 amide bonds. The highest BCUT2D eigenvalue weighted by Crippen LogP contribution is 2.23. The van der Waals surface area contributed by atoms with Gasteiger partial charge in [0.2, 0.25) is 0 Å². The van der Waals surface area contributed by atoms with Crippen molar-refractivity contribution in [1.29, 1.82) is 0 Å². The van der Waals surface area contributed by atoms with E-state index in [1.807, 2.05) is 37.3 Å². The van der Waals surface area contributed by atoms with Crippen molar-refractivity contribution in [3.63, 3.8) is 0 Å².